The molecule has 1 amide bonds. The zero-order valence-electron chi connectivity index (χ0n) is 13.5. The number of nitrogens with zero attached hydrogens (tertiary/aromatic N) is 4. The van der Waals surface area contributed by atoms with Crippen molar-refractivity contribution in [1.29, 1.82) is 0 Å². The van der Waals surface area contributed by atoms with Crippen LogP contribution in [0.25, 0.3) is 11.4 Å². The van der Waals surface area contributed by atoms with Gasteiger partial charge in [0.15, 0.2) is 0 Å². The Morgan fingerprint density at radius 2 is 2.16 bits per heavy atom. The second-order valence-electron chi connectivity index (χ2n) is 5.87. The Morgan fingerprint density at radius 1 is 1.36 bits per heavy atom. The molecule has 1 aliphatic rings. The maximum absolute atomic E-state index is 12.2. The van der Waals surface area contributed by atoms with Crippen molar-refractivity contribution in [3.05, 3.63) is 30.3 Å². The molecule has 25 heavy (non-hydrogen) atoms. The minimum absolute atomic E-state index is 0.197. The van der Waals surface area contributed by atoms with E-state index in [4.69, 9.17) is 4.74 Å². The van der Waals surface area contributed by atoms with Gasteiger partial charge in [-0.15, -0.1) is 10.2 Å². The molecular weight excluding hydrogens is 326 g/mol. The third-order valence-electron chi connectivity index (χ3n) is 4.02. The van der Waals surface area contributed by atoms with Crippen molar-refractivity contribution in [2.75, 3.05) is 13.2 Å². The van der Waals surface area contributed by atoms with Crippen LogP contribution in [-0.4, -0.2) is 56.4 Å². The van der Waals surface area contributed by atoms with E-state index in [-0.39, 0.29) is 12.5 Å². The Morgan fingerprint density at radius 3 is 2.84 bits per heavy atom. The summed E-state index contributed by atoms with van der Waals surface area (Å²) in [6.07, 6.45) is 1.49. The van der Waals surface area contributed by atoms with Gasteiger partial charge in [0.25, 0.3) is 0 Å². The van der Waals surface area contributed by atoms with Gasteiger partial charge in [0.05, 0.1) is 6.61 Å². The van der Waals surface area contributed by atoms with Gasteiger partial charge in [-0.05, 0) is 18.1 Å². The zero-order chi connectivity index (χ0) is 17.6. The monoisotopic (exact) mass is 345 g/mol. The van der Waals surface area contributed by atoms with Gasteiger partial charge in [-0.3, -0.25) is 4.79 Å². The molecule has 3 rings (SSSR count). The van der Waals surface area contributed by atoms with Crippen molar-refractivity contribution in [1.82, 2.24) is 25.5 Å². The molecule has 0 radical (unpaired) electrons. The lowest BCUT2D eigenvalue weighted by Crippen LogP contribution is -2.49. The first-order valence-corrected chi connectivity index (χ1v) is 8.06. The van der Waals surface area contributed by atoms with Crippen LogP contribution < -0.4 is 5.32 Å². The van der Waals surface area contributed by atoms with Gasteiger partial charge in [-0.1, -0.05) is 30.3 Å². The number of benzene rings is 1. The fraction of sp³-hybridized carbons (Fsp3) is 0.438. The van der Waals surface area contributed by atoms with Crippen LogP contribution in [0, 0.1) is 5.92 Å². The molecule has 0 saturated carbocycles. The molecule has 9 nitrogen and oxygen atoms in total. The molecule has 1 aliphatic heterocycles. The van der Waals surface area contributed by atoms with Crippen LogP contribution in [-0.2, 0) is 20.9 Å². The topological polar surface area (TPSA) is 119 Å². The fourth-order valence-electron chi connectivity index (χ4n) is 2.77. The van der Waals surface area contributed by atoms with Gasteiger partial charge in [0.2, 0.25) is 11.7 Å². The van der Waals surface area contributed by atoms with E-state index >= 15 is 0 Å². The summed E-state index contributed by atoms with van der Waals surface area (Å²) in [5, 5.41) is 23.8. The molecule has 1 fully saturated rings. The summed E-state index contributed by atoms with van der Waals surface area (Å²) in [7, 11) is 0. The van der Waals surface area contributed by atoms with E-state index in [0.29, 0.717) is 25.5 Å². The molecule has 0 bridgehead atoms. The summed E-state index contributed by atoms with van der Waals surface area (Å²) in [6.45, 7) is 0.760. The van der Waals surface area contributed by atoms with Crippen molar-refractivity contribution in [3.8, 4) is 11.4 Å². The maximum atomic E-state index is 12.2. The summed E-state index contributed by atoms with van der Waals surface area (Å²) >= 11 is 0. The number of ether oxygens (including phenoxy) is 1. The summed E-state index contributed by atoms with van der Waals surface area (Å²) in [5.74, 6) is -1.38. The van der Waals surface area contributed by atoms with Crippen molar-refractivity contribution in [2.45, 2.75) is 25.4 Å². The second-order valence-corrected chi connectivity index (χ2v) is 5.87. The lowest BCUT2D eigenvalue weighted by atomic mass is 9.93. The quantitative estimate of drug-likeness (QED) is 0.774. The lowest BCUT2D eigenvalue weighted by Gasteiger charge is -2.27. The number of amides is 1. The first-order valence-electron chi connectivity index (χ1n) is 8.06. The molecule has 9 heteroatoms. The fourth-order valence-corrected chi connectivity index (χ4v) is 2.77. The summed E-state index contributed by atoms with van der Waals surface area (Å²) in [6, 6.07) is 8.28. The molecule has 0 aliphatic carbocycles. The average Bonchev–Trinajstić information content (AvgIpc) is 3.09. The molecule has 132 valence electrons. The van der Waals surface area contributed by atoms with Crippen molar-refractivity contribution in [2.24, 2.45) is 5.92 Å². The SMILES string of the molecule is O=C(Cn1nnc(-c2ccccc2)n1)NC(C(=O)O)C1CCCOC1. The molecular formula is C16H19N5O4. The molecule has 0 spiro atoms. The molecule has 2 heterocycles. The van der Waals surface area contributed by atoms with E-state index in [1.54, 1.807) is 0 Å². The minimum atomic E-state index is -1.07. The van der Waals surface area contributed by atoms with Gasteiger partial charge in [0.1, 0.15) is 12.6 Å². The Labute approximate surface area is 144 Å². The number of nitrogens with one attached hydrogen (secondary N) is 1. The number of carboxylic acid groups (broad SMARTS) is 1. The second kappa shape index (κ2) is 7.84. The van der Waals surface area contributed by atoms with E-state index in [1.165, 1.54) is 0 Å². The smallest absolute Gasteiger partial charge is 0.326 e. The number of aromatic nitrogens is 4. The summed E-state index contributed by atoms with van der Waals surface area (Å²) < 4.78 is 5.31. The number of hydrogen-bond donors (Lipinski definition) is 2. The highest BCUT2D eigenvalue weighted by atomic mass is 16.5. The van der Waals surface area contributed by atoms with Gasteiger partial charge in [0, 0.05) is 18.1 Å². The van der Waals surface area contributed by atoms with Crippen LogP contribution >= 0.6 is 0 Å². The van der Waals surface area contributed by atoms with Crippen molar-refractivity contribution in [3.63, 3.8) is 0 Å². The summed E-state index contributed by atoms with van der Waals surface area (Å²) in [4.78, 5) is 24.8. The Balaban J connectivity index is 1.61. The molecule has 2 aromatic rings. The number of rotatable bonds is 6. The van der Waals surface area contributed by atoms with Crippen molar-refractivity contribution >= 4 is 11.9 Å². The van der Waals surface area contributed by atoms with E-state index in [0.717, 1.165) is 16.8 Å². The Hall–Kier alpha value is -2.81. The van der Waals surface area contributed by atoms with Crippen LogP contribution in [0.3, 0.4) is 0 Å². The average molecular weight is 345 g/mol. The molecule has 1 aromatic heterocycles. The number of aliphatic carboxylic acids is 1. The van der Waals surface area contributed by atoms with Gasteiger partial charge in [-0.25, -0.2) is 4.79 Å². The molecule has 2 N–H and O–H groups in total. The molecule has 2 atom stereocenters. The normalized spacial score (nSPS) is 18.5. The maximum Gasteiger partial charge on any atom is 0.326 e. The van der Waals surface area contributed by atoms with Crippen LogP contribution in [0.1, 0.15) is 12.8 Å². The van der Waals surface area contributed by atoms with E-state index in [1.807, 2.05) is 30.3 Å². The summed E-state index contributed by atoms with van der Waals surface area (Å²) in [5.41, 5.74) is 0.789. The number of tetrazole rings is 1. The molecule has 1 saturated heterocycles. The number of carboxylic acids is 1. The van der Waals surface area contributed by atoms with Crippen LogP contribution in [0.15, 0.2) is 30.3 Å². The largest absolute Gasteiger partial charge is 0.480 e. The van der Waals surface area contributed by atoms with E-state index < -0.39 is 17.9 Å². The van der Waals surface area contributed by atoms with Gasteiger partial charge >= 0.3 is 5.97 Å². The first-order chi connectivity index (χ1) is 12.1. The Kier molecular flexibility index (Phi) is 5.34. The third-order valence-corrected chi connectivity index (χ3v) is 4.02. The predicted molar refractivity (Wildman–Crippen MR) is 86.4 cm³/mol. The number of carbonyl (C=O) groups excluding carboxylic acids is 1. The van der Waals surface area contributed by atoms with Crippen LogP contribution in [0.2, 0.25) is 0 Å². The van der Waals surface area contributed by atoms with Crippen LogP contribution in [0.5, 0.6) is 0 Å². The van der Waals surface area contributed by atoms with Gasteiger partial charge < -0.3 is 15.2 Å². The zero-order valence-corrected chi connectivity index (χ0v) is 13.5. The van der Waals surface area contributed by atoms with E-state index in [2.05, 4.69) is 20.7 Å². The number of carbonyl (C=O) groups is 2. The minimum Gasteiger partial charge on any atom is -0.480 e. The predicted octanol–water partition coefficient (Wildman–Crippen LogP) is 0.336. The first kappa shape index (κ1) is 17.0. The standard InChI is InChI=1S/C16H19N5O4/c22-13(17-14(16(23)24)12-7-4-8-25-10-12)9-21-19-15(18-20-21)11-5-2-1-3-6-11/h1-3,5-6,12,14H,4,7-10H2,(H,17,22)(H,23,24). The van der Waals surface area contributed by atoms with Crippen LogP contribution in [0.4, 0.5) is 0 Å². The highest BCUT2D eigenvalue weighted by Crippen LogP contribution is 2.18. The number of hydrogen-bond acceptors (Lipinski definition) is 6. The highest BCUT2D eigenvalue weighted by Gasteiger charge is 2.31. The third kappa shape index (κ3) is 4.38. The Bertz CT molecular complexity index is 727. The lowest BCUT2D eigenvalue weighted by molar-refractivity contribution is -0.145. The highest BCUT2D eigenvalue weighted by molar-refractivity contribution is 5.83. The molecule has 2 unspecified atom stereocenters. The van der Waals surface area contributed by atoms with E-state index in [9.17, 15) is 14.7 Å². The molecule has 1 aromatic carbocycles. The van der Waals surface area contributed by atoms with Gasteiger partial charge in [-0.2, -0.15) is 4.80 Å². The van der Waals surface area contributed by atoms with Crippen molar-refractivity contribution < 1.29 is 19.4 Å².